The van der Waals surface area contributed by atoms with Crippen molar-refractivity contribution in [2.45, 2.75) is 13.5 Å². The summed E-state index contributed by atoms with van der Waals surface area (Å²) in [6.45, 7) is 2.42. The van der Waals surface area contributed by atoms with E-state index < -0.39 is 0 Å². The number of amides is 1. The molecule has 3 rings (SSSR count). The van der Waals surface area contributed by atoms with Gasteiger partial charge < -0.3 is 14.8 Å². The summed E-state index contributed by atoms with van der Waals surface area (Å²) in [6, 6.07) is 11.8. The largest absolute Gasteiger partial charge is 0.490 e. The molecule has 4 nitrogen and oxygen atoms in total. The number of thioether (sulfide) groups is 1. The molecule has 1 saturated heterocycles. The van der Waals surface area contributed by atoms with E-state index in [-0.39, 0.29) is 18.3 Å². The summed E-state index contributed by atoms with van der Waals surface area (Å²) in [5.74, 6) is 0.519. The fraction of sp³-hybridized carbons (Fsp3) is 0.158. The maximum absolute atomic E-state index is 13.7. The number of nitrogens with one attached hydrogen (secondary N) is 1. The predicted molar refractivity (Wildman–Crippen MR) is 105 cm³/mol. The van der Waals surface area contributed by atoms with Crippen molar-refractivity contribution < 1.29 is 18.7 Å². The van der Waals surface area contributed by atoms with Crippen LogP contribution in [0.15, 0.2) is 47.4 Å². The van der Waals surface area contributed by atoms with Gasteiger partial charge >= 0.3 is 0 Å². The molecule has 1 N–H and O–H groups in total. The lowest BCUT2D eigenvalue weighted by molar-refractivity contribution is -0.115. The molecule has 1 heterocycles. The second-order valence-corrected chi connectivity index (χ2v) is 7.09. The highest BCUT2D eigenvalue weighted by molar-refractivity contribution is 8.26. The monoisotopic (exact) mass is 389 g/mol. The minimum Gasteiger partial charge on any atom is -0.490 e. The fourth-order valence-corrected chi connectivity index (χ4v) is 3.39. The molecule has 0 atom stereocenters. The van der Waals surface area contributed by atoms with Gasteiger partial charge in [-0.15, -0.1) is 0 Å². The lowest BCUT2D eigenvalue weighted by Gasteiger charge is -2.13. The van der Waals surface area contributed by atoms with Crippen LogP contribution in [0.5, 0.6) is 11.5 Å². The van der Waals surface area contributed by atoms with Gasteiger partial charge in [0.2, 0.25) is 0 Å². The van der Waals surface area contributed by atoms with Crippen molar-refractivity contribution >= 4 is 40.3 Å². The molecule has 0 radical (unpaired) electrons. The molecule has 2 aromatic carbocycles. The van der Waals surface area contributed by atoms with Crippen molar-refractivity contribution in [3.05, 3.63) is 64.3 Å². The summed E-state index contributed by atoms with van der Waals surface area (Å²) in [5, 5.41) is 2.58. The van der Waals surface area contributed by atoms with Crippen LogP contribution < -0.4 is 14.8 Å². The van der Waals surface area contributed by atoms with E-state index in [9.17, 15) is 9.18 Å². The summed E-state index contributed by atoms with van der Waals surface area (Å²) in [5.41, 5.74) is 1.25. The Morgan fingerprint density at radius 1 is 1.19 bits per heavy atom. The van der Waals surface area contributed by atoms with Crippen molar-refractivity contribution in [1.82, 2.24) is 5.32 Å². The highest BCUT2D eigenvalue weighted by atomic mass is 32.2. The minimum absolute atomic E-state index is 0.0969. The first-order valence-corrected chi connectivity index (χ1v) is 9.17. The molecule has 7 heteroatoms. The third-order valence-electron chi connectivity index (χ3n) is 3.55. The molecule has 134 valence electrons. The molecular formula is C19H16FNO3S2. The molecule has 26 heavy (non-hydrogen) atoms. The standard InChI is InChI=1S/C19H16FNO3S2/c1-2-23-16-9-12(10-17-18(22)21-19(25)26-17)7-8-15(16)24-11-13-5-3-4-6-14(13)20/h3-10H,2,11H2,1H3,(H,21,22,25)/b17-10+. The number of carbonyl (C=O) groups is 1. The van der Waals surface area contributed by atoms with E-state index in [1.807, 2.05) is 6.92 Å². The summed E-state index contributed by atoms with van der Waals surface area (Å²) >= 11 is 6.20. The van der Waals surface area contributed by atoms with Crippen molar-refractivity contribution in [2.75, 3.05) is 6.61 Å². The Morgan fingerprint density at radius 3 is 2.69 bits per heavy atom. The van der Waals surface area contributed by atoms with E-state index in [2.05, 4.69) is 5.32 Å². The van der Waals surface area contributed by atoms with Gasteiger partial charge in [-0.2, -0.15) is 0 Å². The van der Waals surface area contributed by atoms with E-state index >= 15 is 0 Å². The van der Waals surface area contributed by atoms with Gasteiger partial charge in [-0.3, -0.25) is 4.79 Å². The molecule has 1 amide bonds. The van der Waals surface area contributed by atoms with Crippen LogP contribution in [0.25, 0.3) is 6.08 Å². The second-order valence-electron chi connectivity index (χ2n) is 5.37. The van der Waals surface area contributed by atoms with Crippen LogP contribution in [0.1, 0.15) is 18.1 Å². The normalized spacial score (nSPS) is 15.2. The van der Waals surface area contributed by atoms with E-state index in [4.69, 9.17) is 21.7 Å². The maximum atomic E-state index is 13.7. The van der Waals surface area contributed by atoms with Gasteiger partial charge in [0.1, 0.15) is 16.7 Å². The Bertz CT molecular complexity index is 883. The Labute approximate surface area is 160 Å². The van der Waals surface area contributed by atoms with Gasteiger partial charge in [-0.25, -0.2) is 4.39 Å². The van der Waals surface area contributed by atoms with E-state index in [1.165, 1.54) is 17.8 Å². The molecule has 0 bridgehead atoms. The first-order chi connectivity index (χ1) is 12.6. The molecular weight excluding hydrogens is 373 g/mol. The number of thiocarbonyl (C=S) groups is 1. The molecule has 0 spiro atoms. The second kappa shape index (κ2) is 8.33. The lowest BCUT2D eigenvalue weighted by Crippen LogP contribution is -2.17. The van der Waals surface area contributed by atoms with Crippen LogP contribution in [-0.2, 0) is 11.4 Å². The summed E-state index contributed by atoms with van der Waals surface area (Å²) < 4.78 is 25.5. The summed E-state index contributed by atoms with van der Waals surface area (Å²) in [4.78, 5) is 12.3. The van der Waals surface area contributed by atoms with Crippen LogP contribution in [0.4, 0.5) is 4.39 Å². The molecule has 1 aliphatic heterocycles. The van der Waals surface area contributed by atoms with E-state index in [1.54, 1.807) is 42.5 Å². The van der Waals surface area contributed by atoms with E-state index in [0.29, 0.717) is 32.9 Å². The van der Waals surface area contributed by atoms with Gasteiger partial charge in [0.15, 0.2) is 11.5 Å². The van der Waals surface area contributed by atoms with Crippen LogP contribution in [-0.4, -0.2) is 16.8 Å². The van der Waals surface area contributed by atoms with Crippen molar-refractivity contribution in [3.63, 3.8) is 0 Å². The quantitative estimate of drug-likeness (QED) is 0.590. The van der Waals surface area contributed by atoms with Crippen LogP contribution in [0.3, 0.4) is 0 Å². The number of hydrogen-bond acceptors (Lipinski definition) is 5. The number of benzene rings is 2. The Balaban J connectivity index is 1.80. The van der Waals surface area contributed by atoms with Crippen molar-refractivity contribution in [1.29, 1.82) is 0 Å². The summed E-state index contributed by atoms with van der Waals surface area (Å²) in [7, 11) is 0. The average Bonchev–Trinajstić information content (AvgIpc) is 2.93. The van der Waals surface area contributed by atoms with Crippen molar-refractivity contribution in [2.24, 2.45) is 0 Å². The van der Waals surface area contributed by atoms with Gasteiger partial charge in [0.25, 0.3) is 5.91 Å². The zero-order valence-electron chi connectivity index (χ0n) is 14.0. The minimum atomic E-state index is -0.313. The zero-order chi connectivity index (χ0) is 18.5. The Kier molecular flexibility index (Phi) is 5.90. The third kappa shape index (κ3) is 4.42. The number of halogens is 1. The highest BCUT2D eigenvalue weighted by Crippen LogP contribution is 2.32. The van der Waals surface area contributed by atoms with Gasteiger partial charge in [0, 0.05) is 5.56 Å². The average molecular weight is 389 g/mol. The van der Waals surface area contributed by atoms with Crippen molar-refractivity contribution in [3.8, 4) is 11.5 Å². The topological polar surface area (TPSA) is 47.6 Å². The fourth-order valence-electron chi connectivity index (χ4n) is 2.35. The lowest BCUT2D eigenvalue weighted by atomic mass is 10.1. The number of ether oxygens (including phenoxy) is 2. The molecule has 0 aliphatic carbocycles. The summed E-state index contributed by atoms with van der Waals surface area (Å²) in [6.07, 6.45) is 1.74. The molecule has 1 aliphatic rings. The predicted octanol–water partition coefficient (Wildman–Crippen LogP) is 4.29. The molecule has 0 unspecified atom stereocenters. The van der Waals surface area contributed by atoms with Crippen LogP contribution >= 0.6 is 24.0 Å². The number of hydrogen-bond donors (Lipinski definition) is 1. The third-order valence-corrected chi connectivity index (χ3v) is 4.71. The Morgan fingerprint density at radius 2 is 2.00 bits per heavy atom. The van der Waals surface area contributed by atoms with E-state index in [0.717, 1.165) is 5.56 Å². The molecule has 1 fully saturated rings. The first-order valence-electron chi connectivity index (χ1n) is 7.94. The molecule has 2 aromatic rings. The molecule has 0 saturated carbocycles. The molecule has 0 aromatic heterocycles. The number of rotatable bonds is 6. The smallest absolute Gasteiger partial charge is 0.263 e. The van der Waals surface area contributed by atoms with Crippen LogP contribution in [0.2, 0.25) is 0 Å². The highest BCUT2D eigenvalue weighted by Gasteiger charge is 2.22. The van der Waals surface area contributed by atoms with Gasteiger partial charge in [-0.1, -0.05) is 48.2 Å². The Hall–Kier alpha value is -2.38. The van der Waals surface area contributed by atoms with Gasteiger partial charge in [-0.05, 0) is 36.8 Å². The number of carbonyl (C=O) groups excluding carboxylic acids is 1. The first kappa shape index (κ1) is 18.4. The maximum Gasteiger partial charge on any atom is 0.263 e. The van der Waals surface area contributed by atoms with Crippen LogP contribution in [0, 0.1) is 5.82 Å². The zero-order valence-corrected chi connectivity index (χ0v) is 15.6. The SMILES string of the molecule is CCOc1cc(/C=C2/SC(=S)NC2=O)ccc1OCc1ccccc1F. The van der Waals surface area contributed by atoms with Gasteiger partial charge in [0.05, 0.1) is 11.5 Å².